The molecule has 5 nitrogen and oxygen atoms in total. The largest absolute Gasteiger partial charge is 0.489 e. The number of ether oxygens (including phenoxy) is 2. The molecule has 1 aromatic carbocycles. The van der Waals surface area contributed by atoms with Crippen molar-refractivity contribution in [2.75, 3.05) is 26.7 Å². The van der Waals surface area contributed by atoms with Crippen LogP contribution in [0.15, 0.2) is 24.3 Å². The van der Waals surface area contributed by atoms with E-state index in [1.54, 1.807) is 11.9 Å². The van der Waals surface area contributed by atoms with Crippen LogP contribution in [0.25, 0.3) is 0 Å². The van der Waals surface area contributed by atoms with Crippen molar-refractivity contribution in [2.24, 2.45) is 5.92 Å². The summed E-state index contributed by atoms with van der Waals surface area (Å²) in [6, 6.07) is 4.67. The van der Waals surface area contributed by atoms with Gasteiger partial charge in [-0.15, -0.1) is 0 Å². The molecule has 0 radical (unpaired) electrons. The summed E-state index contributed by atoms with van der Waals surface area (Å²) in [7, 11) is 1.78. The smallest absolute Gasteiger partial charge is 0.416 e. The number of carbonyl (C=O) groups excluding carboxylic acids is 1. The standard InChI is InChI=1S/C19H27F3N2O3/c1-18(2,3)27-17(25)24-10-9-13(12-24)16(11-23-4)26-15-7-5-14(6-8-15)19(20,21)22/h5-8,13,16,23H,9-12H2,1-4H3/t13?,16-/m1/s1. The average molecular weight is 388 g/mol. The van der Waals surface area contributed by atoms with Gasteiger partial charge >= 0.3 is 12.3 Å². The lowest BCUT2D eigenvalue weighted by Crippen LogP contribution is -2.40. The lowest BCUT2D eigenvalue weighted by molar-refractivity contribution is -0.137. The van der Waals surface area contributed by atoms with Crippen LogP contribution < -0.4 is 10.1 Å². The van der Waals surface area contributed by atoms with Crippen LogP contribution in [-0.2, 0) is 10.9 Å². The molecular weight excluding hydrogens is 361 g/mol. The zero-order chi connectivity index (χ0) is 20.2. The van der Waals surface area contributed by atoms with Gasteiger partial charge in [-0.1, -0.05) is 0 Å². The van der Waals surface area contributed by atoms with E-state index >= 15 is 0 Å². The fourth-order valence-electron chi connectivity index (χ4n) is 2.99. The molecule has 1 aliphatic heterocycles. The SMILES string of the molecule is CNC[C@@H](Oc1ccc(C(F)(F)F)cc1)C1CCN(C(=O)OC(C)(C)C)C1. The Hall–Kier alpha value is -1.96. The number of carbonyl (C=O) groups is 1. The van der Waals surface area contributed by atoms with Crippen molar-refractivity contribution in [1.82, 2.24) is 10.2 Å². The van der Waals surface area contributed by atoms with Gasteiger partial charge in [0.15, 0.2) is 0 Å². The second-order valence-electron chi connectivity index (χ2n) is 7.71. The first-order valence-corrected chi connectivity index (χ1v) is 8.96. The van der Waals surface area contributed by atoms with E-state index in [0.717, 1.165) is 18.6 Å². The van der Waals surface area contributed by atoms with Gasteiger partial charge in [-0.2, -0.15) is 13.2 Å². The van der Waals surface area contributed by atoms with E-state index in [1.165, 1.54) is 12.1 Å². The van der Waals surface area contributed by atoms with Crippen LogP contribution in [0.1, 0.15) is 32.8 Å². The zero-order valence-electron chi connectivity index (χ0n) is 16.1. The quantitative estimate of drug-likeness (QED) is 0.831. The topological polar surface area (TPSA) is 50.8 Å². The number of rotatable bonds is 5. The summed E-state index contributed by atoms with van der Waals surface area (Å²) >= 11 is 0. The van der Waals surface area contributed by atoms with Crippen LogP contribution >= 0.6 is 0 Å². The molecule has 1 amide bonds. The van der Waals surface area contributed by atoms with E-state index in [-0.39, 0.29) is 18.1 Å². The van der Waals surface area contributed by atoms with Crippen LogP contribution in [0.3, 0.4) is 0 Å². The molecule has 27 heavy (non-hydrogen) atoms. The predicted molar refractivity (Wildman–Crippen MR) is 95.7 cm³/mol. The van der Waals surface area contributed by atoms with E-state index in [0.29, 0.717) is 25.4 Å². The highest BCUT2D eigenvalue weighted by atomic mass is 19.4. The van der Waals surface area contributed by atoms with Gasteiger partial charge in [0, 0.05) is 25.6 Å². The van der Waals surface area contributed by atoms with Crippen molar-refractivity contribution in [3.63, 3.8) is 0 Å². The van der Waals surface area contributed by atoms with Gasteiger partial charge in [-0.05, 0) is 58.5 Å². The van der Waals surface area contributed by atoms with Crippen molar-refractivity contribution >= 4 is 6.09 Å². The first kappa shape index (κ1) is 21.3. The summed E-state index contributed by atoms with van der Waals surface area (Å²) < 4.78 is 49.4. The molecule has 1 aliphatic rings. The minimum absolute atomic E-state index is 0.0623. The maximum absolute atomic E-state index is 12.7. The molecule has 1 saturated heterocycles. The average Bonchev–Trinajstić information content (AvgIpc) is 3.02. The number of nitrogens with one attached hydrogen (secondary N) is 1. The number of nitrogens with zero attached hydrogens (tertiary/aromatic N) is 1. The Bertz CT molecular complexity index is 627. The maximum Gasteiger partial charge on any atom is 0.416 e. The van der Waals surface area contributed by atoms with Gasteiger partial charge in [0.05, 0.1) is 5.56 Å². The van der Waals surface area contributed by atoms with Crippen LogP contribution in [0.2, 0.25) is 0 Å². The normalized spacial score (nSPS) is 19.1. The van der Waals surface area contributed by atoms with E-state index in [2.05, 4.69) is 5.32 Å². The fraction of sp³-hybridized carbons (Fsp3) is 0.632. The maximum atomic E-state index is 12.7. The van der Waals surface area contributed by atoms with Gasteiger partial charge in [0.25, 0.3) is 0 Å². The number of amides is 1. The van der Waals surface area contributed by atoms with E-state index in [1.807, 2.05) is 20.8 Å². The first-order chi connectivity index (χ1) is 12.5. The summed E-state index contributed by atoms with van der Waals surface area (Å²) in [5.74, 6) is 0.436. The second-order valence-corrected chi connectivity index (χ2v) is 7.71. The molecule has 2 rings (SSSR count). The highest BCUT2D eigenvalue weighted by Crippen LogP contribution is 2.31. The Morgan fingerprint density at radius 3 is 2.41 bits per heavy atom. The molecule has 152 valence electrons. The molecule has 2 atom stereocenters. The molecule has 1 aromatic rings. The highest BCUT2D eigenvalue weighted by Gasteiger charge is 2.35. The molecule has 8 heteroatoms. The third kappa shape index (κ3) is 6.30. The molecule has 1 unspecified atom stereocenters. The van der Waals surface area contributed by atoms with Crippen molar-refractivity contribution in [1.29, 1.82) is 0 Å². The Morgan fingerprint density at radius 1 is 1.26 bits per heavy atom. The van der Waals surface area contributed by atoms with Crippen molar-refractivity contribution in [3.05, 3.63) is 29.8 Å². The number of likely N-dealkylation sites (tertiary alicyclic amines) is 1. The molecule has 0 saturated carbocycles. The number of hydrogen-bond donors (Lipinski definition) is 1. The van der Waals surface area contributed by atoms with E-state index < -0.39 is 17.3 Å². The van der Waals surface area contributed by atoms with Crippen molar-refractivity contribution in [3.8, 4) is 5.75 Å². The summed E-state index contributed by atoms with van der Waals surface area (Å²) in [5, 5.41) is 3.04. The minimum Gasteiger partial charge on any atom is -0.489 e. The number of alkyl halides is 3. The molecular formula is C19H27F3N2O3. The van der Waals surface area contributed by atoms with Gasteiger partial charge in [-0.3, -0.25) is 0 Å². The lowest BCUT2D eigenvalue weighted by atomic mass is 10.0. The molecule has 1 heterocycles. The summed E-state index contributed by atoms with van der Waals surface area (Å²) in [6.45, 7) is 7.02. The molecule has 0 aliphatic carbocycles. The Kier molecular flexibility index (Phi) is 6.62. The molecule has 0 bridgehead atoms. The van der Waals surface area contributed by atoms with Gasteiger partial charge in [0.1, 0.15) is 17.5 Å². The Balaban J connectivity index is 2.00. The monoisotopic (exact) mass is 388 g/mol. The highest BCUT2D eigenvalue weighted by molar-refractivity contribution is 5.68. The molecule has 1 N–H and O–H groups in total. The number of hydrogen-bond acceptors (Lipinski definition) is 4. The third-order valence-electron chi connectivity index (χ3n) is 4.28. The number of halogens is 3. The summed E-state index contributed by atoms with van der Waals surface area (Å²) in [4.78, 5) is 13.9. The first-order valence-electron chi connectivity index (χ1n) is 8.96. The Morgan fingerprint density at radius 2 is 1.89 bits per heavy atom. The van der Waals surface area contributed by atoms with E-state index in [4.69, 9.17) is 9.47 Å². The number of benzene rings is 1. The lowest BCUT2D eigenvalue weighted by Gasteiger charge is -2.27. The zero-order valence-corrected chi connectivity index (χ0v) is 16.1. The van der Waals surface area contributed by atoms with E-state index in [9.17, 15) is 18.0 Å². The molecule has 0 aromatic heterocycles. The minimum atomic E-state index is -4.37. The van der Waals surface area contributed by atoms with Gasteiger partial charge in [0.2, 0.25) is 0 Å². The van der Waals surface area contributed by atoms with Crippen LogP contribution in [0.4, 0.5) is 18.0 Å². The van der Waals surface area contributed by atoms with Gasteiger partial charge < -0.3 is 19.7 Å². The molecule has 0 spiro atoms. The summed E-state index contributed by atoms with van der Waals surface area (Å²) in [6.07, 6.45) is -4.25. The fourth-order valence-corrected chi connectivity index (χ4v) is 2.99. The van der Waals surface area contributed by atoms with Gasteiger partial charge in [-0.25, -0.2) is 4.79 Å². The predicted octanol–water partition coefficient (Wildman–Crippen LogP) is 3.93. The van der Waals surface area contributed by atoms with Crippen molar-refractivity contribution in [2.45, 2.75) is 45.1 Å². The summed E-state index contributed by atoms with van der Waals surface area (Å²) in [5.41, 5.74) is -1.27. The molecule has 1 fully saturated rings. The third-order valence-corrected chi connectivity index (χ3v) is 4.28. The van der Waals surface area contributed by atoms with Crippen molar-refractivity contribution < 1.29 is 27.4 Å². The van der Waals surface area contributed by atoms with Crippen LogP contribution in [0, 0.1) is 5.92 Å². The second kappa shape index (κ2) is 8.37. The van der Waals surface area contributed by atoms with Crippen LogP contribution in [-0.4, -0.2) is 49.4 Å². The van der Waals surface area contributed by atoms with Crippen LogP contribution in [0.5, 0.6) is 5.75 Å². The Labute approximate surface area is 157 Å². The number of likely N-dealkylation sites (N-methyl/N-ethyl adjacent to an activating group) is 1.